The Labute approximate surface area is 115 Å². The van der Waals surface area contributed by atoms with E-state index in [-0.39, 0.29) is 12.5 Å². The van der Waals surface area contributed by atoms with Crippen LogP contribution in [0.4, 0.5) is 5.69 Å². The number of carbonyl (C=O) groups is 1. The molecule has 6 heteroatoms. The summed E-state index contributed by atoms with van der Waals surface area (Å²) >= 11 is 5.94. The van der Waals surface area contributed by atoms with Crippen molar-refractivity contribution in [2.45, 2.75) is 12.3 Å². The van der Waals surface area contributed by atoms with E-state index in [4.69, 9.17) is 11.6 Å². The van der Waals surface area contributed by atoms with Crippen LogP contribution in [-0.4, -0.2) is 17.4 Å². The monoisotopic (exact) mass is 280 g/mol. The Hall–Kier alpha value is -1.88. The average molecular weight is 281 g/mol. The van der Waals surface area contributed by atoms with Crippen LogP contribution in [-0.2, 0) is 4.79 Å². The van der Waals surface area contributed by atoms with Gasteiger partial charge in [-0.05, 0) is 30.2 Å². The van der Waals surface area contributed by atoms with Gasteiger partial charge in [0.15, 0.2) is 0 Å². The topological polar surface area (TPSA) is 72.2 Å². The van der Waals surface area contributed by atoms with Crippen LogP contribution in [0.2, 0.25) is 5.02 Å². The molecule has 5 nitrogen and oxygen atoms in total. The van der Waals surface area contributed by atoms with E-state index in [2.05, 4.69) is 11.9 Å². The number of rotatable bonds is 4. The first kappa shape index (κ1) is 13.5. The molecule has 0 saturated carbocycles. The number of nitro groups is 1. The number of anilines is 1. The van der Waals surface area contributed by atoms with Crippen molar-refractivity contribution < 1.29 is 9.72 Å². The summed E-state index contributed by atoms with van der Waals surface area (Å²) in [6.07, 6.45) is 2.00. The van der Waals surface area contributed by atoms with Gasteiger partial charge in [0, 0.05) is 15.6 Å². The van der Waals surface area contributed by atoms with E-state index >= 15 is 0 Å². The molecule has 0 fully saturated rings. The highest BCUT2D eigenvalue weighted by atomic mass is 35.5. The molecule has 0 unspecified atom stereocenters. The van der Waals surface area contributed by atoms with Gasteiger partial charge in [0.2, 0.25) is 12.5 Å². The molecule has 2 atom stereocenters. The van der Waals surface area contributed by atoms with Crippen LogP contribution >= 0.6 is 11.6 Å². The average Bonchev–Trinajstić information content (AvgIpc) is 2.34. The molecule has 1 amide bonds. The number of allylic oxidation sites excluding steroid dienone is 1. The van der Waals surface area contributed by atoms with Crippen molar-refractivity contribution in [2.75, 3.05) is 11.9 Å². The predicted molar refractivity (Wildman–Crippen MR) is 73.0 cm³/mol. The Kier molecular flexibility index (Phi) is 3.85. The van der Waals surface area contributed by atoms with Gasteiger partial charge in [-0.2, -0.15) is 0 Å². The summed E-state index contributed by atoms with van der Waals surface area (Å²) < 4.78 is 0. The lowest BCUT2D eigenvalue weighted by Crippen LogP contribution is -2.36. The highest BCUT2D eigenvalue weighted by molar-refractivity contribution is 6.30. The molecule has 1 N–H and O–H groups in total. The van der Waals surface area contributed by atoms with Crippen LogP contribution in [0.1, 0.15) is 17.9 Å². The number of hydrogen-bond acceptors (Lipinski definition) is 3. The molecule has 1 heterocycles. The Morgan fingerprint density at radius 1 is 1.47 bits per heavy atom. The third-order valence-corrected chi connectivity index (χ3v) is 3.49. The van der Waals surface area contributed by atoms with Crippen molar-refractivity contribution in [2.24, 2.45) is 5.92 Å². The molecule has 0 aliphatic carbocycles. The van der Waals surface area contributed by atoms with E-state index in [1.807, 2.05) is 0 Å². The lowest BCUT2D eigenvalue weighted by Gasteiger charge is -2.30. The highest BCUT2D eigenvalue weighted by Crippen LogP contribution is 2.39. The number of hydrogen-bond donors (Lipinski definition) is 1. The van der Waals surface area contributed by atoms with Crippen molar-refractivity contribution in [1.82, 2.24) is 0 Å². The molecule has 1 aliphatic rings. The van der Waals surface area contributed by atoms with Crippen molar-refractivity contribution in [3.05, 3.63) is 51.6 Å². The molecule has 19 heavy (non-hydrogen) atoms. The summed E-state index contributed by atoms with van der Waals surface area (Å²) in [7, 11) is 0. The SMILES string of the molecule is C=CC[C@@H]1C(=O)Nc2ccc(Cl)cc2[C@@H]1C[N+](=O)[O-]. The molecule has 1 aromatic carbocycles. The van der Waals surface area contributed by atoms with Crippen LogP contribution in [0.5, 0.6) is 0 Å². The minimum atomic E-state index is -0.478. The number of fused-ring (bicyclic) bond motifs is 1. The number of nitrogens with one attached hydrogen (secondary N) is 1. The molecule has 2 rings (SSSR count). The summed E-state index contributed by atoms with van der Waals surface area (Å²) in [5.41, 5.74) is 1.32. The fraction of sp³-hybridized carbons (Fsp3) is 0.308. The molecule has 0 saturated heterocycles. The van der Waals surface area contributed by atoms with E-state index in [0.717, 1.165) is 5.56 Å². The van der Waals surface area contributed by atoms with Crippen LogP contribution in [0.25, 0.3) is 0 Å². The predicted octanol–water partition coefficient (Wildman–Crippen LogP) is 2.84. The van der Waals surface area contributed by atoms with Crippen LogP contribution < -0.4 is 5.32 Å². The largest absolute Gasteiger partial charge is 0.326 e. The maximum Gasteiger partial charge on any atom is 0.228 e. The molecule has 0 spiro atoms. The standard InChI is InChI=1S/C13H13ClN2O3/c1-2-3-9-11(7-16(18)19)10-6-8(14)4-5-12(10)15-13(9)17/h2,4-6,9,11H,1,3,7H2,(H,15,17)/t9-,11+/m0/s1. The summed E-state index contributed by atoms with van der Waals surface area (Å²) in [6.45, 7) is 3.31. The number of amides is 1. The smallest absolute Gasteiger partial charge is 0.228 e. The van der Waals surface area contributed by atoms with E-state index in [0.29, 0.717) is 17.1 Å². The molecular weight excluding hydrogens is 268 g/mol. The van der Waals surface area contributed by atoms with Crippen molar-refractivity contribution in [1.29, 1.82) is 0 Å². The Morgan fingerprint density at radius 3 is 2.84 bits per heavy atom. The molecule has 0 bridgehead atoms. The number of nitrogens with zero attached hydrogens (tertiary/aromatic N) is 1. The molecule has 1 aromatic rings. The van der Waals surface area contributed by atoms with Gasteiger partial charge in [0.05, 0.1) is 11.8 Å². The first-order valence-corrected chi connectivity index (χ1v) is 6.23. The molecule has 1 aliphatic heterocycles. The van der Waals surface area contributed by atoms with Gasteiger partial charge in [-0.1, -0.05) is 17.7 Å². The number of halogens is 1. The zero-order valence-electron chi connectivity index (χ0n) is 10.1. The van der Waals surface area contributed by atoms with E-state index in [1.165, 1.54) is 0 Å². The third-order valence-electron chi connectivity index (χ3n) is 3.26. The molecule has 100 valence electrons. The summed E-state index contributed by atoms with van der Waals surface area (Å²) in [5, 5.41) is 14.1. The molecule has 0 radical (unpaired) electrons. The van der Waals surface area contributed by atoms with Crippen LogP contribution in [0.15, 0.2) is 30.9 Å². The van der Waals surface area contributed by atoms with Gasteiger partial charge in [-0.15, -0.1) is 6.58 Å². The van der Waals surface area contributed by atoms with E-state index in [9.17, 15) is 14.9 Å². The maximum absolute atomic E-state index is 12.0. The van der Waals surface area contributed by atoms with Gasteiger partial charge in [0.1, 0.15) is 0 Å². The zero-order chi connectivity index (χ0) is 14.0. The van der Waals surface area contributed by atoms with E-state index in [1.54, 1.807) is 24.3 Å². The van der Waals surface area contributed by atoms with Gasteiger partial charge < -0.3 is 5.32 Å². The Balaban J connectivity index is 2.47. The second-order valence-corrected chi connectivity index (χ2v) is 4.91. The lowest BCUT2D eigenvalue weighted by molar-refractivity contribution is -0.484. The van der Waals surface area contributed by atoms with Gasteiger partial charge in [0.25, 0.3) is 0 Å². The van der Waals surface area contributed by atoms with Gasteiger partial charge in [-0.25, -0.2) is 0 Å². The van der Waals surface area contributed by atoms with E-state index < -0.39 is 16.8 Å². The number of carbonyl (C=O) groups excluding carboxylic acids is 1. The summed E-state index contributed by atoms with van der Waals surface area (Å²) in [5.74, 6) is -1.16. The normalized spacial score (nSPS) is 21.4. The Morgan fingerprint density at radius 2 is 2.21 bits per heavy atom. The van der Waals surface area contributed by atoms with Gasteiger partial charge >= 0.3 is 0 Å². The van der Waals surface area contributed by atoms with Crippen LogP contribution in [0, 0.1) is 16.0 Å². The van der Waals surface area contributed by atoms with Crippen molar-refractivity contribution >= 4 is 23.2 Å². The highest BCUT2D eigenvalue weighted by Gasteiger charge is 2.38. The minimum Gasteiger partial charge on any atom is -0.326 e. The second-order valence-electron chi connectivity index (χ2n) is 4.47. The summed E-state index contributed by atoms with van der Waals surface area (Å²) in [6, 6.07) is 5.00. The quantitative estimate of drug-likeness (QED) is 0.524. The zero-order valence-corrected chi connectivity index (χ0v) is 10.9. The summed E-state index contributed by atoms with van der Waals surface area (Å²) in [4.78, 5) is 22.4. The number of benzene rings is 1. The maximum atomic E-state index is 12.0. The van der Waals surface area contributed by atoms with Crippen molar-refractivity contribution in [3.63, 3.8) is 0 Å². The molecule has 0 aromatic heterocycles. The van der Waals surface area contributed by atoms with Crippen molar-refractivity contribution in [3.8, 4) is 0 Å². The lowest BCUT2D eigenvalue weighted by atomic mass is 9.79. The fourth-order valence-corrected chi connectivity index (χ4v) is 2.60. The minimum absolute atomic E-state index is 0.207. The fourth-order valence-electron chi connectivity index (χ4n) is 2.42. The third kappa shape index (κ3) is 2.76. The first-order chi connectivity index (χ1) is 9.02. The Bertz CT molecular complexity index is 545. The van der Waals surface area contributed by atoms with Gasteiger partial charge in [-0.3, -0.25) is 14.9 Å². The second kappa shape index (κ2) is 5.40. The first-order valence-electron chi connectivity index (χ1n) is 5.86. The van der Waals surface area contributed by atoms with Crippen LogP contribution in [0.3, 0.4) is 0 Å². The molecular formula is C13H13ClN2O3.